The topological polar surface area (TPSA) is 63.4 Å². The van der Waals surface area contributed by atoms with E-state index in [1.165, 1.54) is 10.4 Å². The van der Waals surface area contributed by atoms with Gasteiger partial charge in [-0.3, -0.25) is 9.59 Å². The molecule has 0 atom stereocenters. The summed E-state index contributed by atoms with van der Waals surface area (Å²) in [6, 6.07) is 11.5. The van der Waals surface area contributed by atoms with E-state index in [0.29, 0.717) is 11.5 Å². The van der Waals surface area contributed by atoms with Crippen molar-refractivity contribution in [1.82, 2.24) is 4.90 Å². The van der Waals surface area contributed by atoms with Crippen LogP contribution in [0.1, 0.15) is 43.3 Å². The summed E-state index contributed by atoms with van der Waals surface area (Å²) in [6.07, 6.45) is 3.03. The third-order valence-electron chi connectivity index (χ3n) is 4.62. The van der Waals surface area contributed by atoms with Crippen LogP contribution in [0.15, 0.2) is 36.4 Å². The zero-order chi connectivity index (χ0) is 17.1. The maximum Gasteiger partial charge on any atom is 0.263 e. The highest BCUT2D eigenvalue weighted by atomic mass is 32.1. The molecule has 2 amide bonds. The SMILES string of the molecule is Cc1ccc(C(=O)N2CCC(Cc3ccc(C(N)=O)cc3)CC2)s1. The number of rotatable bonds is 4. The summed E-state index contributed by atoms with van der Waals surface area (Å²) < 4.78 is 0. The molecule has 24 heavy (non-hydrogen) atoms. The molecule has 0 spiro atoms. The number of hydrogen-bond acceptors (Lipinski definition) is 3. The van der Waals surface area contributed by atoms with E-state index in [0.717, 1.165) is 37.2 Å². The molecule has 1 aliphatic heterocycles. The predicted molar refractivity (Wildman–Crippen MR) is 96.3 cm³/mol. The second-order valence-corrected chi connectivity index (χ2v) is 7.70. The number of primary amides is 1. The minimum Gasteiger partial charge on any atom is -0.366 e. The van der Waals surface area contributed by atoms with Crippen molar-refractivity contribution < 1.29 is 9.59 Å². The third-order valence-corrected chi connectivity index (χ3v) is 5.60. The average molecular weight is 342 g/mol. The second-order valence-electron chi connectivity index (χ2n) is 6.41. The molecule has 3 rings (SSSR count). The number of nitrogens with two attached hydrogens (primary N) is 1. The quantitative estimate of drug-likeness (QED) is 0.927. The van der Waals surface area contributed by atoms with E-state index in [4.69, 9.17) is 5.73 Å². The van der Waals surface area contributed by atoms with Crippen LogP contribution in [0.2, 0.25) is 0 Å². The number of nitrogens with zero attached hydrogens (tertiary/aromatic N) is 1. The van der Waals surface area contributed by atoms with Gasteiger partial charge in [-0.15, -0.1) is 11.3 Å². The first-order valence-corrected chi connectivity index (χ1v) is 9.09. The van der Waals surface area contributed by atoms with Crippen LogP contribution in [0.3, 0.4) is 0 Å². The second kappa shape index (κ2) is 7.18. The largest absolute Gasteiger partial charge is 0.366 e. The fourth-order valence-electron chi connectivity index (χ4n) is 3.18. The van der Waals surface area contributed by atoms with Crippen molar-refractivity contribution in [1.29, 1.82) is 0 Å². The average Bonchev–Trinajstić information content (AvgIpc) is 3.02. The first kappa shape index (κ1) is 16.7. The molecule has 0 saturated carbocycles. The molecule has 1 aromatic carbocycles. The standard InChI is InChI=1S/C19H22N2O2S/c1-13-2-7-17(24-13)19(23)21-10-8-15(9-11-21)12-14-3-5-16(6-4-14)18(20)22/h2-7,15H,8-12H2,1H3,(H2,20,22). The normalized spacial score (nSPS) is 15.5. The Balaban J connectivity index is 1.53. The molecule has 126 valence electrons. The molecule has 5 heteroatoms. The smallest absolute Gasteiger partial charge is 0.263 e. The van der Waals surface area contributed by atoms with Crippen molar-refractivity contribution in [2.24, 2.45) is 11.7 Å². The van der Waals surface area contributed by atoms with Crippen LogP contribution in [0.5, 0.6) is 0 Å². The van der Waals surface area contributed by atoms with Crippen molar-refractivity contribution in [3.05, 3.63) is 57.3 Å². The number of piperidine rings is 1. The van der Waals surface area contributed by atoms with Crippen molar-refractivity contribution in [2.75, 3.05) is 13.1 Å². The maximum atomic E-state index is 12.5. The van der Waals surface area contributed by atoms with E-state index in [1.807, 2.05) is 36.1 Å². The Kier molecular flexibility index (Phi) is 5.00. The minimum absolute atomic E-state index is 0.164. The van der Waals surface area contributed by atoms with E-state index in [1.54, 1.807) is 23.5 Å². The van der Waals surface area contributed by atoms with E-state index in [2.05, 4.69) is 0 Å². The lowest BCUT2D eigenvalue weighted by atomic mass is 9.90. The Bertz CT molecular complexity index is 728. The summed E-state index contributed by atoms with van der Waals surface area (Å²) in [5, 5.41) is 0. The van der Waals surface area contributed by atoms with Crippen LogP contribution < -0.4 is 5.73 Å². The number of benzene rings is 1. The lowest BCUT2D eigenvalue weighted by molar-refractivity contribution is 0.0695. The lowest BCUT2D eigenvalue weighted by Crippen LogP contribution is -2.38. The summed E-state index contributed by atoms with van der Waals surface area (Å²) in [5.74, 6) is 0.355. The highest BCUT2D eigenvalue weighted by molar-refractivity contribution is 7.13. The molecule has 2 heterocycles. The monoisotopic (exact) mass is 342 g/mol. The molecule has 2 N–H and O–H groups in total. The summed E-state index contributed by atoms with van der Waals surface area (Å²) in [7, 11) is 0. The Hall–Kier alpha value is -2.14. The van der Waals surface area contributed by atoms with E-state index in [-0.39, 0.29) is 5.91 Å². The van der Waals surface area contributed by atoms with Gasteiger partial charge >= 0.3 is 0 Å². The van der Waals surface area contributed by atoms with Gasteiger partial charge in [0.05, 0.1) is 4.88 Å². The van der Waals surface area contributed by atoms with Crippen LogP contribution in [0.4, 0.5) is 0 Å². The van der Waals surface area contributed by atoms with Gasteiger partial charge in [0.25, 0.3) is 5.91 Å². The van der Waals surface area contributed by atoms with Crippen LogP contribution in [-0.2, 0) is 6.42 Å². The van der Waals surface area contributed by atoms with E-state index in [9.17, 15) is 9.59 Å². The Morgan fingerprint density at radius 1 is 1.12 bits per heavy atom. The van der Waals surface area contributed by atoms with E-state index >= 15 is 0 Å². The van der Waals surface area contributed by atoms with Gasteiger partial charge in [-0.2, -0.15) is 0 Å². The minimum atomic E-state index is -0.391. The summed E-state index contributed by atoms with van der Waals surface area (Å²) >= 11 is 1.57. The van der Waals surface area contributed by atoms with Crippen molar-refractivity contribution in [3.8, 4) is 0 Å². The first-order valence-electron chi connectivity index (χ1n) is 8.27. The van der Waals surface area contributed by atoms with Crippen LogP contribution in [0, 0.1) is 12.8 Å². The van der Waals surface area contributed by atoms with Gasteiger partial charge in [0.1, 0.15) is 0 Å². The number of likely N-dealkylation sites (tertiary alicyclic amines) is 1. The highest BCUT2D eigenvalue weighted by Gasteiger charge is 2.24. The number of amides is 2. The van der Waals surface area contributed by atoms with E-state index < -0.39 is 5.91 Å². The molecule has 1 fully saturated rings. The van der Waals surface area contributed by atoms with Gasteiger partial charge in [-0.1, -0.05) is 12.1 Å². The summed E-state index contributed by atoms with van der Waals surface area (Å²) in [5.41, 5.74) is 7.03. The summed E-state index contributed by atoms with van der Waals surface area (Å²) in [6.45, 7) is 3.66. The number of carbonyl (C=O) groups excluding carboxylic acids is 2. The predicted octanol–water partition coefficient (Wildman–Crippen LogP) is 3.25. The van der Waals surface area contributed by atoms with Crippen LogP contribution in [0.25, 0.3) is 0 Å². The van der Waals surface area contributed by atoms with Gasteiger partial charge < -0.3 is 10.6 Å². The Morgan fingerprint density at radius 2 is 1.79 bits per heavy atom. The van der Waals surface area contributed by atoms with Gasteiger partial charge in [0, 0.05) is 23.5 Å². The fourth-order valence-corrected chi connectivity index (χ4v) is 4.02. The zero-order valence-corrected chi connectivity index (χ0v) is 14.6. The maximum absolute atomic E-state index is 12.5. The molecule has 1 aromatic heterocycles. The van der Waals surface area contributed by atoms with Gasteiger partial charge in [0.2, 0.25) is 5.91 Å². The van der Waals surface area contributed by atoms with Crippen molar-refractivity contribution in [3.63, 3.8) is 0 Å². The molecule has 1 aliphatic rings. The number of hydrogen-bond donors (Lipinski definition) is 1. The molecule has 1 saturated heterocycles. The Labute approximate surface area is 146 Å². The third kappa shape index (κ3) is 3.85. The number of aryl methyl sites for hydroxylation is 1. The number of carbonyl (C=O) groups is 2. The summed E-state index contributed by atoms with van der Waals surface area (Å²) in [4.78, 5) is 27.6. The molecule has 4 nitrogen and oxygen atoms in total. The molecule has 0 unspecified atom stereocenters. The first-order chi connectivity index (χ1) is 11.5. The fraction of sp³-hybridized carbons (Fsp3) is 0.368. The van der Waals surface area contributed by atoms with Crippen LogP contribution in [-0.4, -0.2) is 29.8 Å². The van der Waals surface area contributed by atoms with Crippen LogP contribution >= 0.6 is 11.3 Å². The highest BCUT2D eigenvalue weighted by Crippen LogP contribution is 2.25. The number of thiophene rings is 1. The molecular weight excluding hydrogens is 320 g/mol. The molecular formula is C19H22N2O2S. The molecule has 0 bridgehead atoms. The molecule has 2 aromatic rings. The van der Waals surface area contributed by atoms with Crippen molar-refractivity contribution in [2.45, 2.75) is 26.2 Å². The molecule has 0 radical (unpaired) electrons. The van der Waals surface area contributed by atoms with Gasteiger partial charge in [-0.25, -0.2) is 0 Å². The Morgan fingerprint density at radius 3 is 2.33 bits per heavy atom. The van der Waals surface area contributed by atoms with Gasteiger partial charge in [-0.05, 0) is 61.9 Å². The molecule has 0 aliphatic carbocycles. The lowest BCUT2D eigenvalue weighted by Gasteiger charge is -2.31. The van der Waals surface area contributed by atoms with Gasteiger partial charge in [0.15, 0.2) is 0 Å². The zero-order valence-electron chi connectivity index (χ0n) is 13.8. The van der Waals surface area contributed by atoms with Crippen molar-refractivity contribution >= 4 is 23.2 Å².